The molecule has 1 saturated heterocycles. The van der Waals surface area contributed by atoms with Crippen molar-refractivity contribution in [1.82, 2.24) is 10.6 Å². The molecule has 120 valence electrons. The fourth-order valence-electron chi connectivity index (χ4n) is 4.05. The summed E-state index contributed by atoms with van der Waals surface area (Å²) in [5.41, 5.74) is 1.75. The molecule has 1 heterocycles. The van der Waals surface area contributed by atoms with E-state index in [1.165, 1.54) is 18.4 Å². The van der Waals surface area contributed by atoms with Crippen molar-refractivity contribution in [2.75, 3.05) is 13.1 Å². The number of hydrogen-bond donors (Lipinski definition) is 2. The van der Waals surface area contributed by atoms with Crippen molar-refractivity contribution in [3.63, 3.8) is 0 Å². The molecule has 2 N–H and O–H groups in total. The van der Waals surface area contributed by atoms with Crippen LogP contribution in [0.1, 0.15) is 31.2 Å². The van der Waals surface area contributed by atoms with E-state index in [9.17, 15) is 4.79 Å². The van der Waals surface area contributed by atoms with Crippen molar-refractivity contribution >= 4 is 18.3 Å². The SMILES string of the molecule is Cl.O=C(NC1CC1Cc1ccccc1)C1CC12CCNCC2. The fraction of sp³-hybridized carbons (Fsp3) is 0.611. The second-order valence-corrected chi connectivity index (χ2v) is 7.17. The van der Waals surface area contributed by atoms with Crippen molar-refractivity contribution in [2.24, 2.45) is 17.3 Å². The van der Waals surface area contributed by atoms with E-state index in [1.807, 2.05) is 0 Å². The first kappa shape index (κ1) is 15.8. The van der Waals surface area contributed by atoms with Gasteiger partial charge in [-0.05, 0) is 62.1 Å². The van der Waals surface area contributed by atoms with E-state index in [4.69, 9.17) is 0 Å². The highest BCUT2D eigenvalue weighted by molar-refractivity contribution is 5.85. The topological polar surface area (TPSA) is 41.1 Å². The number of nitrogens with one attached hydrogen (secondary N) is 2. The summed E-state index contributed by atoms with van der Waals surface area (Å²) in [4.78, 5) is 12.4. The van der Waals surface area contributed by atoms with Crippen molar-refractivity contribution < 1.29 is 4.79 Å². The van der Waals surface area contributed by atoms with Crippen LogP contribution < -0.4 is 10.6 Å². The Morgan fingerprint density at radius 1 is 1.23 bits per heavy atom. The Hall–Kier alpha value is -1.06. The average molecular weight is 321 g/mol. The van der Waals surface area contributed by atoms with Crippen LogP contribution in [0.3, 0.4) is 0 Å². The first-order valence-electron chi connectivity index (χ1n) is 8.32. The number of amides is 1. The highest BCUT2D eigenvalue weighted by atomic mass is 35.5. The Labute approximate surface area is 138 Å². The van der Waals surface area contributed by atoms with Crippen LogP contribution in [0.25, 0.3) is 0 Å². The molecule has 3 fully saturated rings. The molecule has 1 amide bonds. The number of benzene rings is 1. The smallest absolute Gasteiger partial charge is 0.223 e. The minimum absolute atomic E-state index is 0. The van der Waals surface area contributed by atoms with E-state index < -0.39 is 0 Å². The molecule has 0 aromatic heterocycles. The first-order chi connectivity index (χ1) is 10.3. The van der Waals surface area contributed by atoms with Gasteiger partial charge in [-0.2, -0.15) is 0 Å². The number of carbonyl (C=O) groups excluding carboxylic acids is 1. The van der Waals surface area contributed by atoms with Crippen molar-refractivity contribution in [2.45, 2.75) is 38.1 Å². The summed E-state index contributed by atoms with van der Waals surface area (Å²) in [5.74, 6) is 1.29. The number of piperidine rings is 1. The molecule has 0 bridgehead atoms. The van der Waals surface area contributed by atoms with Gasteiger partial charge in [0.25, 0.3) is 0 Å². The Bertz CT molecular complexity index is 527. The van der Waals surface area contributed by atoms with Crippen LogP contribution in [0.2, 0.25) is 0 Å². The Balaban J connectivity index is 0.00000144. The third-order valence-corrected chi connectivity index (χ3v) is 5.70. The molecule has 1 aromatic carbocycles. The zero-order chi connectivity index (χ0) is 14.3. The molecule has 1 aliphatic heterocycles. The summed E-state index contributed by atoms with van der Waals surface area (Å²) in [6.45, 7) is 2.17. The molecule has 2 aliphatic carbocycles. The van der Waals surface area contributed by atoms with Crippen molar-refractivity contribution in [1.29, 1.82) is 0 Å². The Morgan fingerprint density at radius 2 is 1.95 bits per heavy atom. The van der Waals surface area contributed by atoms with Crippen molar-refractivity contribution in [3.05, 3.63) is 35.9 Å². The monoisotopic (exact) mass is 320 g/mol. The molecular weight excluding hydrogens is 296 g/mol. The number of hydrogen-bond acceptors (Lipinski definition) is 2. The molecule has 3 atom stereocenters. The minimum Gasteiger partial charge on any atom is -0.353 e. The Kier molecular flexibility index (Phi) is 4.47. The van der Waals surface area contributed by atoms with E-state index in [2.05, 4.69) is 41.0 Å². The van der Waals surface area contributed by atoms with Crippen molar-refractivity contribution in [3.8, 4) is 0 Å². The van der Waals surface area contributed by atoms with Gasteiger partial charge in [0.05, 0.1) is 0 Å². The third kappa shape index (κ3) is 3.16. The molecule has 3 aliphatic rings. The second kappa shape index (κ2) is 6.21. The molecule has 1 aromatic rings. The second-order valence-electron chi connectivity index (χ2n) is 7.17. The molecule has 0 radical (unpaired) electrons. The molecule has 22 heavy (non-hydrogen) atoms. The maximum atomic E-state index is 12.4. The normalized spacial score (nSPS) is 31.2. The lowest BCUT2D eigenvalue weighted by atomic mass is 9.92. The van der Waals surface area contributed by atoms with Crippen LogP contribution in [-0.2, 0) is 11.2 Å². The van der Waals surface area contributed by atoms with E-state index in [1.54, 1.807) is 0 Å². The van der Waals surface area contributed by atoms with E-state index in [-0.39, 0.29) is 12.4 Å². The van der Waals surface area contributed by atoms with Crippen LogP contribution in [0, 0.1) is 17.3 Å². The summed E-state index contributed by atoms with van der Waals surface area (Å²) >= 11 is 0. The van der Waals surface area contributed by atoms with Gasteiger partial charge >= 0.3 is 0 Å². The quantitative estimate of drug-likeness (QED) is 0.895. The van der Waals surface area contributed by atoms with Gasteiger partial charge in [-0.1, -0.05) is 30.3 Å². The highest BCUT2D eigenvalue weighted by Gasteiger charge is 2.58. The maximum Gasteiger partial charge on any atom is 0.223 e. The van der Waals surface area contributed by atoms with Gasteiger partial charge in [0.15, 0.2) is 0 Å². The molecule has 3 nitrogen and oxygen atoms in total. The highest BCUT2D eigenvalue weighted by Crippen LogP contribution is 2.58. The predicted octanol–water partition coefficient (Wildman–Crippen LogP) is 2.55. The lowest BCUT2D eigenvalue weighted by Gasteiger charge is -2.23. The standard InChI is InChI=1S/C18H24N2O.ClH/c21-17(15-12-18(15)6-8-19-9-7-18)20-16-11-14(16)10-13-4-2-1-3-5-13;/h1-5,14-16,19H,6-12H2,(H,20,21);1H. The van der Waals surface area contributed by atoms with Crippen LogP contribution in [0.4, 0.5) is 0 Å². The summed E-state index contributed by atoms with van der Waals surface area (Å²) in [7, 11) is 0. The third-order valence-electron chi connectivity index (χ3n) is 5.70. The summed E-state index contributed by atoms with van der Waals surface area (Å²) < 4.78 is 0. The van der Waals surface area contributed by atoms with E-state index in [0.29, 0.717) is 29.2 Å². The molecule has 3 unspecified atom stereocenters. The zero-order valence-corrected chi connectivity index (χ0v) is 13.7. The van der Waals surface area contributed by atoms with Gasteiger partial charge in [-0.3, -0.25) is 4.79 Å². The predicted molar refractivity (Wildman–Crippen MR) is 90.1 cm³/mol. The van der Waals surface area contributed by atoms with Gasteiger partial charge < -0.3 is 10.6 Å². The summed E-state index contributed by atoms with van der Waals surface area (Å²) in [6.07, 6.45) is 5.75. The number of halogens is 1. The fourth-order valence-corrected chi connectivity index (χ4v) is 4.05. The van der Waals surface area contributed by atoms with Crippen LogP contribution in [0.5, 0.6) is 0 Å². The lowest BCUT2D eigenvalue weighted by Crippen LogP contribution is -2.34. The first-order valence-corrected chi connectivity index (χ1v) is 8.32. The van der Waals surface area contributed by atoms with Crippen LogP contribution in [0.15, 0.2) is 30.3 Å². The summed E-state index contributed by atoms with van der Waals surface area (Å²) in [5, 5.41) is 6.69. The lowest BCUT2D eigenvalue weighted by molar-refractivity contribution is -0.123. The van der Waals surface area contributed by atoms with Gasteiger partial charge in [0.2, 0.25) is 5.91 Å². The van der Waals surface area contributed by atoms with Crippen LogP contribution in [-0.4, -0.2) is 25.0 Å². The summed E-state index contributed by atoms with van der Waals surface area (Å²) in [6, 6.07) is 11.0. The number of rotatable bonds is 4. The molecular formula is C18H25ClN2O. The van der Waals surface area contributed by atoms with Crippen LogP contribution >= 0.6 is 12.4 Å². The molecule has 2 saturated carbocycles. The Morgan fingerprint density at radius 3 is 2.68 bits per heavy atom. The van der Waals surface area contributed by atoms with Gasteiger partial charge in [0.1, 0.15) is 0 Å². The van der Waals surface area contributed by atoms with Gasteiger partial charge in [0, 0.05) is 12.0 Å². The largest absolute Gasteiger partial charge is 0.353 e. The number of carbonyl (C=O) groups is 1. The molecule has 4 heteroatoms. The van der Waals surface area contributed by atoms with E-state index in [0.717, 1.165) is 32.4 Å². The van der Waals surface area contributed by atoms with Gasteiger partial charge in [-0.25, -0.2) is 0 Å². The average Bonchev–Trinajstić information content (AvgIpc) is 3.40. The maximum absolute atomic E-state index is 12.4. The molecule has 4 rings (SSSR count). The zero-order valence-electron chi connectivity index (χ0n) is 12.9. The minimum atomic E-state index is 0. The van der Waals surface area contributed by atoms with Gasteiger partial charge in [-0.15, -0.1) is 12.4 Å². The molecule has 1 spiro atoms. The van der Waals surface area contributed by atoms with E-state index >= 15 is 0 Å².